The summed E-state index contributed by atoms with van der Waals surface area (Å²) in [5.41, 5.74) is 7.87. The van der Waals surface area contributed by atoms with Crippen molar-refractivity contribution in [2.75, 3.05) is 5.32 Å². The molecule has 150 valence electrons. The molecule has 0 aliphatic carbocycles. The van der Waals surface area contributed by atoms with E-state index in [1.807, 2.05) is 82.3 Å². The topological polar surface area (TPSA) is 42.0 Å². The number of pyridine rings is 1. The third kappa shape index (κ3) is 3.57. The lowest BCUT2D eigenvalue weighted by atomic mass is 9.94. The standard InChI is InChI=1S/C26H23ClN2O/c1-15-13-16(2)24-20(14-15)23(18(4)25(29-24)19-9-6-5-7-10-19)26(30)28-22-12-8-11-21(27)17(22)3/h5-14H,1-4H3,(H,28,30). The van der Waals surface area contributed by atoms with E-state index < -0.39 is 0 Å². The Hall–Kier alpha value is -3.17. The normalized spacial score (nSPS) is 11.0. The second kappa shape index (κ2) is 7.92. The number of benzene rings is 3. The monoisotopic (exact) mass is 414 g/mol. The maximum Gasteiger partial charge on any atom is 0.256 e. The fourth-order valence-electron chi connectivity index (χ4n) is 3.91. The molecule has 3 nitrogen and oxygen atoms in total. The minimum atomic E-state index is -0.160. The predicted molar refractivity (Wildman–Crippen MR) is 126 cm³/mol. The second-order valence-electron chi connectivity index (χ2n) is 7.67. The third-order valence-electron chi connectivity index (χ3n) is 5.46. The molecule has 0 saturated carbocycles. The van der Waals surface area contributed by atoms with E-state index in [0.717, 1.165) is 44.4 Å². The van der Waals surface area contributed by atoms with Gasteiger partial charge in [0.2, 0.25) is 0 Å². The molecule has 0 aliphatic rings. The number of anilines is 1. The number of hydrogen-bond donors (Lipinski definition) is 1. The summed E-state index contributed by atoms with van der Waals surface area (Å²) in [6, 6.07) is 19.7. The van der Waals surface area contributed by atoms with Crippen LogP contribution in [0.5, 0.6) is 0 Å². The van der Waals surface area contributed by atoms with E-state index in [2.05, 4.69) is 11.4 Å². The van der Waals surface area contributed by atoms with E-state index in [4.69, 9.17) is 16.6 Å². The summed E-state index contributed by atoms with van der Waals surface area (Å²) in [6.07, 6.45) is 0. The van der Waals surface area contributed by atoms with Crippen molar-refractivity contribution in [1.29, 1.82) is 0 Å². The quantitative estimate of drug-likeness (QED) is 0.390. The van der Waals surface area contributed by atoms with E-state index in [9.17, 15) is 4.79 Å². The molecule has 0 saturated heterocycles. The van der Waals surface area contributed by atoms with Gasteiger partial charge in [0.1, 0.15) is 0 Å². The first-order valence-electron chi connectivity index (χ1n) is 9.90. The molecular formula is C26H23ClN2O. The van der Waals surface area contributed by atoms with Gasteiger partial charge in [-0.25, -0.2) is 4.98 Å². The van der Waals surface area contributed by atoms with Crippen LogP contribution in [-0.2, 0) is 0 Å². The third-order valence-corrected chi connectivity index (χ3v) is 5.87. The van der Waals surface area contributed by atoms with Gasteiger partial charge in [-0.15, -0.1) is 0 Å². The summed E-state index contributed by atoms with van der Waals surface area (Å²) in [5, 5.41) is 4.56. The van der Waals surface area contributed by atoms with Gasteiger partial charge in [-0.1, -0.05) is 59.6 Å². The molecule has 3 aromatic carbocycles. The molecule has 1 amide bonds. The minimum absolute atomic E-state index is 0.160. The number of aryl methyl sites for hydroxylation is 2. The zero-order chi connectivity index (χ0) is 21.4. The first kappa shape index (κ1) is 20.1. The Balaban J connectivity index is 1.96. The molecule has 0 aliphatic heterocycles. The number of halogens is 1. The van der Waals surface area contributed by atoms with Gasteiger partial charge in [0.15, 0.2) is 0 Å². The summed E-state index contributed by atoms with van der Waals surface area (Å²) in [6.45, 7) is 7.94. The van der Waals surface area contributed by atoms with Gasteiger partial charge < -0.3 is 5.32 Å². The molecule has 30 heavy (non-hydrogen) atoms. The van der Waals surface area contributed by atoms with Crippen LogP contribution in [0.2, 0.25) is 5.02 Å². The van der Waals surface area contributed by atoms with Crippen molar-refractivity contribution in [1.82, 2.24) is 4.98 Å². The van der Waals surface area contributed by atoms with Gasteiger partial charge in [0.05, 0.1) is 16.8 Å². The fraction of sp³-hybridized carbons (Fsp3) is 0.154. The highest BCUT2D eigenvalue weighted by molar-refractivity contribution is 6.32. The largest absolute Gasteiger partial charge is 0.322 e. The SMILES string of the molecule is Cc1cc(C)c2nc(-c3ccccc3)c(C)c(C(=O)Nc3cccc(Cl)c3C)c2c1. The van der Waals surface area contributed by atoms with Gasteiger partial charge >= 0.3 is 0 Å². The Labute approximate surface area is 181 Å². The number of fused-ring (bicyclic) bond motifs is 1. The number of rotatable bonds is 3. The van der Waals surface area contributed by atoms with Crippen LogP contribution in [0, 0.1) is 27.7 Å². The number of nitrogens with zero attached hydrogens (tertiary/aromatic N) is 1. The lowest BCUT2D eigenvalue weighted by molar-refractivity contribution is 0.102. The van der Waals surface area contributed by atoms with Crippen molar-refractivity contribution in [3.05, 3.63) is 93.5 Å². The average Bonchev–Trinajstić information content (AvgIpc) is 2.71. The Bertz CT molecular complexity index is 1280. The molecule has 0 fully saturated rings. The molecule has 0 bridgehead atoms. The van der Waals surface area contributed by atoms with Crippen molar-refractivity contribution >= 4 is 34.1 Å². The number of carbonyl (C=O) groups excluding carboxylic acids is 1. The summed E-state index contributed by atoms with van der Waals surface area (Å²) < 4.78 is 0. The van der Waals surface area contributed by atoms with Crippen LogP contribution < -0.4 is 5.32 Å². The van der Waals surface area contributed by atoms with E-state index in [-0.39, 0.29) is 5.91 Å². The van der Waals surface area contributed by atoms with Crippen LogP contribution in [-0.4, -0.2) is 10.9 Å². The van der Waals surface area contributed by atoms with Crippen LogP contribution in [0.15, 0.2) is 60.7 Å². The predicted octanol–water partition coefficient (Wildman–Crippen LogP) is 7.04. The van der Waals surface area contributed by atoms with Gasteiger partial charge in [-0.05, 0) is 62.6 Å². The fourth-order valence-corrected chi connectivity index (χ4v) is 4.09. The molecule has 1 heterocycles. The molecule has 0 unspecified atom stereocenters. The molecule has 0 radical (unpaired) electrons. The number of nitrogens with one attached hydrogen (secondary N) is 1. The highest BCUT2D eigenvalue weighted by atomic mass is 35.5. The lowest BCUT2D eigenvalue weighted by Crippen LogP contribution is -2.16. The Kier molecular flexibility index (Phi) is 5.31. The van der Waals surface area contributed by atoms with Crippen molar-refractivity contribution in [2.45, 2.75) is 27.7 Å². The summed E-state index contributed by atoms with van der Waals surface area (Å²) in [4.78, 5) is 18.5. The molecule has 0 atom stereocenters. The molecule has 4 rings (SSSR count). The number of hydrogen-bond acceptors (Lipinski definition) is 2. The molecule has 1 N–H and O–H groups in total. The Morgan fingerprint density at radius 3 is 2.37 bits per heavy atom. The summed E-state index contributed by atoms with van der Waals surface area (Å²) >= 11 is 6.26. The lowest BCUT2D eigenvalue weighted by Gasteiger charge is -2.17. The first-order valence-corrected chi connectivity index (χ1v) is 10.3. The van der Waals surface area contributed by atoms with Gasteiger partial charge in [-0.3, -0.25) is 4.79 Å². The van der Waals surface area contributed by atoms with Crippen LogP contribution in [0.4, 0.5) is 5.69 Å². The minimum Gasteiger partial charge on any atom is -0.322 e. The molecule has 4 heteroatoms. The van der Waals surface area contributed by atoms with Crippen molar-refractivity contribution < 1.29 is 4.79 Å². The molecule has 1 aromatic heterocycles. The highest BCUT2D eigenvalue weighted by Gasteiger charge is 2.21. The average molecular weight is 415 g/mol. The van der Waals surface area contributed by atoms with Gasteiger partial charge in [0, 0.05) is 21.7 Å². The van der Waals surface area contributed by atoms with E-state index in [1.54, 1.807) is 0 Å². The highest BCUT2D eigenvalue weighted by Crippen LogP contribution is 2.33. The maximum absolute atomic E-state index is 13.5. The van der Waals surface area contributed by atoms with Crippen LogP contribution in [0.25, 0.3) is 22.2 Å². The van der Waals surface area contributed by atoms with Crippen LogP contribution in [0.1, 0.15) is 32.6 Å². The molecular weight excluding hydrogens is 392 g/mol. The first-order chi connectivity index (χ1) is 14.4. The van der Waals surface area contributed by atoms with E-state index in [1.165, 1.54) is 0 Å². The van der Waals surface area contributed by atoms with Gasteiger partial charge in [-0.2, -0.15) is 0 Å². The zero-order valence-electron chi connectivity index (χ0n) is 17.5. The Morgan fingerprint density at radius 2 is 1.63 bits per heavy atom. The summed E-state index contributed by atoms with van der Waals surface area (Å²) in [7, 11) is 0. The van der Waals surface area contributed by atoms with Crippen molar-refractivity contribution in [2.24, 2.45) is 0 Å². The maximum atomic E-state index is 13.5. The Morgan fingerprint density at radius 1 is 0.900 bits per heavy atom. The number of carbonyl (C=O) groups is 1. The summed E-state index contributed by atoms with van der Waals surface area (Å²) in [5.74, 6) is -0.160. The van der Waals surface area contributed by atoms with E-state index in [0.29, 0.717) is 16.3 Å². The zero-order valence-corrected chi connectivity index (χ0v) is 18.3. The van der Waals surface area contributed by atoms with Crippen molar-refractivity contribution in [3.8, 4) is 11.3 Å². The number of amides is 1. The smallest absolute Gasteiger partial charge is 0.256 e. The van der Waals surface area contributed by atoms with Crippen LogP contribution in [0.3, 0.4) is 0 Å². The molecule has 0 spiro atoms. The number of aromatic nitrogens is 1. The van der Waals surface area contributed by atoms with Gasteiger partial charge in [0.25, 0.3) is 5.91 Å². The molecule has 4 aromatic rings. The van der Waals surface area contributed by atoms with E-state index >= 15 is 0 Å². The second-order valence-corrected chi connectivity index (χ2v) is 8.08. The van der Waals surface area contributed by atoms with Crippen molar-refractivity contribution in [3.63, 3.8) is 0 Å². The van der Waals surface area contributed by atoms with Crippen LogP contribution >= 0.6 is 11.6 Å².